The molecule has 4 aromatic rings. The van der Waals surface area contributed by atoms with E-state index >= 15 is 0 Å². The Morgan fingerprint density at radius 1 is 0.906 bits per heavy atom. The maximum atomic E-state index is 12.7. The highest BCUT2D eigenvalue weighted by atomic mass is 32.2. The van der Waals surface area contributed by atoms with E-state index in [-0.39, 0.29) is 5.91 Å². The number of carbonyl (C=O) groups is 1. The van der Waals surface area contributed by atoms with Gasteiger partial charge in [0.25, 0.3) is 5.91 Å². The molecule has 0 radical (unpaired) electrons. The van der Waals surface area contributed by atoms with Gasteiger partial charge in [0.1, 0.15) is 12.4 Å². The molecular weight excluding hydrogens is 416 g/mol. The quantitative estimate of drug-likeness (QED) is 0.278. The fourth-order valence-corrected chi connectivity index (χ4v) is 4.31. The lowest BCUT2D eigenvalue weighted by Gasteiger charge is -2.11. The first-order valence-corrected chi connectivity index (χ1v) is 11.3. The molecule has 158 valence electrons. The second-order valence-corrected chi connectivity index (χ2v) is 8.22. The van der Waals surface area contributed by atoms with Crippen LogP contribution in [0.3, 0.4) is 0 Å². The first-order valence-electron chi connectivity index (χ1n) is 10.3. The van der Waals surface area contributed by atoms with Gasteiger partial charge in [-0.3, -0.25) is 4.79 Å². The summed E-state index contributed by atoms with van der Waals surface area (Å²) >= 11 is 1.60. The minimum Gasteiger partial charge on any atom is -0.492 e. The molecule has 0 spiro atoms. The normalized spacial score (nSPS) is 10.5. The molecule has 1 amide bonds. The van der Waals surface area contributed by atoms with E-state index in [1.165, 1.54) is 5.39 Å². The van der Waals surface area contributed by atoms with Crippen molar-refractivity contribution in [2.75, 3.05) is 13.2 Å². The molecule has 0 fully saturated rings. The molecule has 0 heterocycles. The topological polar surface area (TPSA) is 62.1 Å². The predicted octanol–water partition coefficient (Wildman–Crippen LogP) is 5.81. The lowest BCUT2D eigenvalue weighted by molar-refractivity contribution is 0.0944. The summed E-state index contributed by atoms with van der Waals surface area (Å²) in [6, 6.07) is 31.3. The van der Waals surface area contributed by atoms with Gasteiger partial charge >= 0.3 is 0 Å². The number of amides is 1. The maximum Gasteiger partial charge on any atom is 0.252 e. The molecule has 1 N–H and O–H groups in total. The molecule has 0 aliphatic rings. The Morgan fingerprint density at radius 2 is 1.66 bits per heavy atom. The molecule has 0 unspecified atom stereocenters. The number of thioether (sulfide) groups is 1. The van der Waals surface area contributed by atoms with Crippen molar-refractivity contribution in [1.82, 2.24) is 5.32 Å². The number of benzene rings is 4. The second kappa shape index (κ2) is 10.5. The van der Waals surface area contributed by atoms with E-state index in [9.17, 15) is 4.79 Å². The minimum atomic E-state index is -0.116. The highest BCUT2D eigenvalue weighted by Gasteiger charge is 2.11. The van der Waals surface area contributed by atoms with Crippen molar-refractivity contribution in [2.45, 2.75) is 10.6 Å². The summed E-state index contributed by atoms with van der Waals surface area (Å²) in [5, 5.41) is 14.2. The molecule has 0 bridgehead atoms. The third kappa shape index (κ3) is 5.48. The van der Waals surface area contributed by atoms with Crippen LogP contribution in [0.1, 0.15) is 21.5 Å². The number of nitriles is 1. The number of rotatable bonds is 8. The van der Waals surface area contributed by atoms with Crippen LogP contribution in [0.15, 0.2) is 95.9 Å². The van der Waals surface area contributed by atoms with Crippen LogP contribution in [0.5, 0.6) is 5.75 Å². The Labute approximate surface area is 191 Å². The summed E-state index contributed by atoms with van der Waals surface area (Å²) in [6.07, 6.45) is 0. The number of nitrogens with zero attached hydrogens (tertiary/aromatic N) is 1. The van der Waals surface area contributed by atoms with Crippen LogP contribution in [0.2, 0.25) is 0 Å². The minimum absolute atomic E-state index is 0.116. The number of nitrogens with one attached hydrogen (secondary N) is 1. The van der Waals surface area contributed by atoms with Crippen LogP contribution >= 0.6 is 11.8 Å². The van der Waals surface area contributed by atoms with Crippen molar-refractivity contribution >= 4 is 28.4 Å². The van der Waals surface area contributed by atoms with Crippen molar-refractivity contribution in [3.8, 4) is 11.8 Å². The lowest BCUT2D eigenvalue weighted by atomic mass is 10.1. The highest BCUT2D eigenvalue weighted by molar-refractivity contribution is 7.98. The standard InChI is InChI=1S/C27H22N2O2S/c28-18-20-9-11-21(12-10-20)19-32-26-8-4-3-7-25(26)27(30)29-15-16-31-24-14-13-22-5-1-2-6-23(22)17-24/h1-14,17H,15-16,19H2,(H,29,30). The Morgan fingerprint density at radius 3 is 2.47 bits per heavy atom. The number of hydrogen-bond donors (Lipinski definition) is 1. The van der Waals surface area contributed by atoms with Crippen LogP contribution in [-0.4, -0.2) is 19.1 Å². The van der Waals surface area contributed by atoms with Gasteiger partial charge in [-0.05, 0) is 52.7 Å². The van der Waals surface area contributed by atoms with Crippen LogP contribution in [-0.2, 0) is 5.75 Å². The molecule has 4 rings (SSSR count). The Hall–Kier alpha value is -3.75. The summed E-state index contributed by atoms with van der Waals surface area (Å²) in [5.41, 5.74) is 2.40. The van der Waals surface area contributed by atoms with Gasteiger partial charge in [-0.1, -0.05) is 54.6 Å². The molecule has 0 saturated heterocycles. The van der Waals surface area contributed by atoms with Crippen molar-refractivity contribution in [2.24, 2.45) is 0 Å². The first-order chi connectivity index (χ1) is 15.7. The molecule has 4 aromatic carbocycles. The van der Waals surface area contributed by atoms with Gasteiger partial charge in [0.05, 0.1) is 23.7 Å². The summed E-state index contributed by atoms with van der Waals surface area (Å²) in [6.45, 7) is 0.810. The zero-order valence-electron chi connectivity index (χ0n) is 17.5. The Bertz CT molecular complexity index is 1260. The molecular formula is C27H22N2O2S. The SMILES string of the molecule is N#Cc1ccc(CSc2ccccc2C(=O)NCCOc2ccc3ccccc3c2)cc1. The van der Waals surface area contributed by atoms with Crippen LogP contribution in [0.25, 0.3) is 10.8 Å². The van der Waals surface area contributed by atoms with Crippen molar-refractivity contribution < 1.29 is 9.53 Å². The van der Waals surface area contributed by atoms with E-state index in [0.717, 1.165) is 27.3 Å². The lowest BCUT2D eigenvalue weighted by Crippen LogP contribution is -2.28. The largest absolute Gasteiger partial charge is 0.492 e. The van der Waals surface area contributed by atoms with E-state index in [4.69, 9.17) is 10.00 Å². The van der Waals surface area contributed by atoms with Crippen molar-refractivity contribution in [1.29, 1.82) is 5.26 Å². The summed E-state index contributed by atoms with van der Waals surface area (Å²) in [4.78, 5) is 13.7. The monoisotopic (exact) mass is 438 g/mol. The zero-order chi connectivity index (χ0) is 22.2. The molecule has 0 atom stereocenters. The van der Waals surface area contributed by atoms with Crippen LogP contribution in [0, 0.1) is 11.3 Å². The van der Waals surface area contributed by atoms with Gasteiger partial charge in [-0.25, -0.2) is 0 Å². The molecule has 0 saturated carbocycles. The highest BCUT2D eigenvalue weighted by Crippen LogP contribution is 2.26. The zero-order valence-corrected chi connectivity index (χ0v) is 18.3. The third-order valence-corrected chi connectivity index (χ3v) is 6.13. The summed E-state index contributed by atoms with van der Waals surface area (Å²) in [5.74, 6) is 1.40. The molecule has 0 aromatic heterocycles. The molecule has 4 nitrogen and oxygen atoms in total. The van der Waals surface area contributed by atoms with E-state index in [2.05, 4.69) is 23.5 Å². The molecule has 5 heteroatoms. The molecule has 0 aliphatic carbocycles. The fourth-order valence-electron chi connectivity index (χ4n) is 3.30. The molecule has 0 aliphatic heterocycles. The van der Waals surface area contributed by atoms with E-state index in [1.807, 2.05) is 78.9 Å². The smallest absolute Gasteiger partial charge is 0.252 e. The van der Waals surface area contributed by atoms with Gasteiger partial charge in [-0.15, -0.1) is 11.8 Å². The Balaban J connectivity index is 1.30. The Kier molecular flexibility index (Phi) is 7.06. The summed E-state index contributed by atoms with van der Waals surface area (Å²) < 4.78 is 5.81. The maximum absolute atomic E-state index is 12.7. The first kappa shape index (κ1) is 21.5. The second-order valence-electron chi connectivity index (χ2n) is 7.21. The van der Waals surface area contributed by atoms with Gasteiger partial charge in [0, 0.05) is 10.6 Å². The third-order valence-electron chi connectivity index (χ3n) is 4.99. The number of carbonyl (C=O) groups excluding carboxylic acids is 1. The van der Waals surface area contributed by atoms with Gasteiger partial charge in [0.15, 0.2) is 0 Å². The van der Waals surface area contributed by atoms with E-state index < -0.39 is 0 Å². The number of hydrogen-bond acceptors (Lipinski definition) is 4. The average molecular weight is 439 g/mol. The number of fused-ring (bicyclic) bond motifs is 1. The van der Waals surface area contributed by atoms with Crippen LogP contribution in [0.4, 0.5) is 0 Å². The summed E-state index contributed by atoms with van der Waals surface area (Å²) in [7, 11) is 0. The average Bonchev–Trinajstić information content (AvgIpc) is 2.85. The van der Waals surface area contributed by atoms with Gasteiger partial charge in [0.2, 0.25) is 0 Å². The number of ether oxygens (including phenoxy) is 1. The van der Waals surface area contributed by atoms with Crippen LogP contribution < -0.4 is 10.1 Å². The van der Waals surface area contributed by atoms with E-state index in [0.29, 0.717) is 24.3 Å². The van der Waals surface area contributed by atoms with Crippen molar-refractivity contribution in [3.63, 3.8) is 0 Å². The predicted molar refractivity (Wildman–Crippen MR) is 129 cm³/mol. The molecule has 32 heavy (non-hydrogen) atoms. The van der Waals surface area contributed by atoms with Gasteiger partial charge < -0.3 is 10.1 Å². The van der Waals surface area contributed by atoms with E-state index in [1.54, 1.807) is 11.8 Å². The van der Waals surface area contributed by atoms with Crippen molar-refractivity contribution in [3.05, 3.63) is 108 Å². The fraction of sp³-hybridized carbons (Fsp3) is 0.111. The van der Waals surface area contributed by atoms with Gasteiger partial charge in [-0.2, -0.15) is 5.26 Å².